The van der Waals surface area contributed by atoms with E-state index in [1.54, 1.807) is 5.20 Å². The normalized spacial score (nSPS) is 13.9. The Bertz CT molecular complexity index is 3140. The number of hydrogen-bond acceptors (Lipinski definition) is 0. The Hall–Kier alpha value is -7.32. The summed E-state index contributed by atoms with van der Waals surface area (Å²) in [6.45, 7) is 24.3. The molecule has 0 saturated carbocycles. The van der Waals surface area contributed by atoms with Crippen LogP contribution in [-0.4, -0.2) is 8.07 Å². The monoisotopic (exact) mass is 920 g/mol. The summed E-state index contributed by atoms with van der Waals surface area (Å²) in [5, 5.41) is 6.03. The molecule has 1 aliphatic rings. The number of hydrogen-bond donors (Lipinski definition) is 0. The molecular weight excluding hydrogens is 857 g/mol. The van der Waals surface area contributed by atoms with Gasteiger partial charge in [0, 0.05) is 0 Å². The molecule has 0 nitrogen and oxygen atoms in total. The Balaban J connectivity index is 1.63. The number of aryl methyl sites for hydroxylation is 3. The van der Waals surface area contributed by atoms with Crippen LogP contribution in [0, 0.1) is 47.5 Å². The van der Waals surface area contributed by atoms with Crippen molar-refractivity contribution in [2.24, 2.45) is 5.92 Å². The molecule has 0 spiro atoms. The minimum atomic E-state index is -3.77. The van der Waals surface area contributed by atoms with Crippen LogP contribution in [0.2, 0.25) is 0 Å². The molecular formula is C69H64Si. The van der Waals surface area contributed by atoms with Gasteiger partial charge in [-0.15, -0.1) is 0 Å². The van der Waals surface area contributed by atoms with Crippen molar-refractivity contribution in [3.05, 3.63) is 255 Å². The van der Waals surface area contributed by atoms with Gasteiger partial charge < -0.3 is 0 Å². The van der Waals surface area contributed by atoms with E-state index in [9.17, 15) is 0 Å². The zero-order chi connectivity index (χ0) is 48.8. The standard InChI is InChI=1S/C69H64Si/c1-44-41-60(54-29-17-11-18-30-54)63(57-35-23-14-24-36-57)67(47(44)4)70(66-52(9)50(7)51(8)53(66)10,68-48(5)45(2)42-61(55-31-19-12-20-32-55)64(68)58-37-25-15-26-38-58)69-49(6)46(3)43-62(56-33-21-13-22-34-56)65(69)59-39-27-16-28-40-59/h11-43,52H,1-10H3. The van der Waals surface area contributed by atoms with Crippen molar-refractivity contribution in [3.63, 3.8) is 0 Å². The van der Waals surface area contributed by atoms with Crippen molar-refractivity contribution < 1.29 is 0 Å². The fourth-order valence-corrected chi connectivity index (χ4v) is 19.6. The first-order chi connectivity index (χ1) is 33.9. The van der Waals surface area contributed by atoms with Crippen molar-refractivity contribution >= 4 is 23.6 Å². The minimum absolute atomic E-state index is 0.155. The van der Waals surface area contributed by atoms with Crippen LogP contribution >= 0.6 is 0 Å². The summed E-state index contributed by atoms with van der Waals surface area (Å²) in [7, 11) is -3.77. The largest absolute Gasteiger partial charge is 0.179 e. The summed E-state index contributed by atoms with van der Waals surface area (Å²) in [6, 6.07) is 75.4. The van der Waals surface area contributed by atoms with E-state index in [1.807, 2.05) is 0 Å². The van der Waals surface area contributed by atoms with Gasteiger partial charge in [-0.3, -0.25) is 0 Å². The van der Waals surface area contributed by atoms with E-state index in [0.717, 1.165) is 0 Å². The van der Waals surface area contributed by atoms with Gasteiger partial charge in [-0.2, -0.15) is 0 Å². The molecule has 10 rings (SSSR count). The average Bonchev–Trinajstić information content (AvgIpc) is 3.59. The lowest BCUT2D eigenvalue weighted by Crippen LogP contribution is -2.73. The summed E-state index contributed by atoms with van der Waals surface area (Å²) in [5.41, 5.74) is 27.6. The molecule has 1 heteroatoms. The Labute approximate surface area is 418 Å². The summed E-state index contributed by atoms with van der Waals surface area (Å²) in [5.74, 6) is 0.155. The van der Waals surface area contributed by atoms with E-state index in [-0.39, 0.29) is 5.92 Å². The molecule has 0 aromatic heterocycles. The molecule has 9 aromatic carbocycles. The van der Waals surface area contributed by atoms with Crippen molar-refractivity contribution in [2.75, 3.05) is 0 Å². The van der Waals surface area contributed by atoms with E-state index < -0.39 is 8.07 Å². The molecule has 1 atom stereocenters. The first kappa shape index (κ1) is 46.4. The zero-order valence-electron chi connectivity index (χ0n) is 42.6. The molecule has 0 bridgehead atoms. The molecule has 0 amide bonds. The quantitative estimate of drug-likeness (QED) is 0.0947. The molecule has 0 fully saturated rings. The SMILES string of the molecule is CC1=C(C)C(C)C([Si](c2c(C)c(C)cc(-c3ccccc3)c2-c2ccccc2)(c2c(C)c(C)cc(-c3ccccc3)c2-c2ccccc2)c2c(C)c(C)cc(-c3ccccc3)c2-c2ccccc2)=C1C. The molecule has 0 radical (unpaired) electrons. The van der Waals surface area contributed by atoms with Crippen LogP contribution in [-0.2, 0) is 0 Å². The van der Waals surface area contributed by atoms with Crippen molar-refractivity contribution in [1.29, 1.82) is 0 Å². The van der Waals surface area contributed by atoms with E-state index in [1.165, 1.54) is 132 Å². The second-order valence-electron chi connectivity index (χ2n) is 19.9. The molecule has 0 saturated heterocycles. The predicted octanol–water partition coefficient (Wildman–Crippen LogP) is 16.9. The fourth-order valence-electron chi connectivity index (χ4n) is 12.2. The third-order valence-electron chi connectivity index (χ3n) is 16.2. The topological polar surface area (TPSA) is 0 Å². The fraction of sp³-hybridized carbons (Fsp3) is 0.159. The van der Waals surface area contributed by atoms with E-state index in [4.69, 9.17) is 0 Å². The molecule has 0 aliphatic heterocycles. The van der Waals surface area contributed by atoms with Gasteiger partial charge in [0.15, 0.2) is 8.07 Å². The van der Waals surface area contributed by atoms with E-state index in [2.05, 4.69) is 269 Å². The summed E-state index contributed by atoms with van der Waals surface area (Å²) < 4.78 is 0. The summed E-state index contributed by atoms with van der Waals surface area (Å²) >= 11 is 0. The van der Waals surface area contributed by atoms with E-state index >= 15 is 0 Å². The second kappa shape index (κ2) is 18.9. The van der Waals surface area contributed by atoms with Crippen LogP contribution in [0.15, 0.2) is 222 Å². The first-order valence-electron chi connectivity index (χ1n) is 25.1. The van der Waals surface area contributed by atoms with Gasteiger partial charge in [0.1, 0.15) is 0 Å². The highest BCUT2D eigenvalue weighted by Crippen LogP contribution is 2.49. The van der Waals surface area contributed by atoms with Crippen LogP contribution in [0.25, 0.3) is 66.8 Å². The maximum Gasteiger partial charge on any atom is 0.179 e. The Kier molecular flexibility index (Phi) is 12.5. The van der Waals surface area contributed by atoms with Gasteiger partial charge in [-0.05, 0) is 190 Å². The predicted molar refractivity (Wildman–Crippen MR) is 305 cm³/mol. The van der Waals surface area contributed by atoms with Gasteiger partial charge in [-0.1, -0.05) is 223 Å². The van der Waals surface area contributed by atoms with Gasteiger partial charge >= 0.3 is 0 Å². The smallest absolute Gasteiger partial charge is 0.0636 e. The third kappa shape index (κ3) is 7.59. The zero-order valence-corrected chi connectivity index (χ0v) is 43.6. The van der Waals surface area contributed by atoms with Crippen LogP contribution in [0.5, 0.6) is 0 Å². The van der Waals surface area contributed by atoms with Gasteiger partial charge in [0.25, 0.3) is 0 Å². The average molecular weight is 921 g/mol. The second-order valence-corrected chi connectivity index (χ2v) is 23.4. The Morgan fingerprint density at radius 3 is 0.771 bits per heavy atom. The summed E-state index contributed by atoms with van der Waals surface area (Å²) in [6.07, 6.45) is 0. The molecule has 70 heavy (non-hydrogen) atoms. The number of rotatable bonds is 10. The van der Waals surface area contributed by atoms with Crippen LogP contribution < -0.4 is 15.6 Å². The Morgan fingerprint density at radius 2 is 0.543 bits per heavy atom. The third-order valence-corrected chi connectivity index (χ3v) is 21.9. The van der Waals surface area contributed by atoms with Crippen LogP contribution in [0.4, 0.5) is 0 Å². The van der Waals surface area contributed by atoms with Crippen molar-refractivity contribution in [1.82, 2.24) is 0 Å². The van der Waals surface area contributed by atoms with Gasteiger partial charge in [0.05, 0.1) is 0 Å². The van der Waals surface area contributed by atoms with Crippen molar-refractivity contribution in [3.8, 4) is 66.8 Å². The highest BCUT2D eigenvalue weighted by Gasteiger charge is 2.55. The maximum absolute atomic E-state index is 3.77. The first-order valence-corrected chi connectivity index (χ1v) is 27.1. The lowest BCUT2D eigenvalue weighted by molar-refractivity contribution is 0.851. The molecule has 1 unspecified atom stereocenters. The maximum atomic E-state index is 2.54. The minimum Gasteiger partial charge on any atom is -0.0636 e. The number of allylic oxidation sites excluding steroid dienone is 4. The Morgan fingerprint density at radius 1 is 0.300 bits per heavy atom. The number of benzene rings is 9. The molecule has 0 N–H and O–H groups in total. The highest BCUT2D eigenvalue weighted by molar-refractivity contribution is 7.18. The molecule has 344 valence electrons. The van der Waals surface area contributed by atoms with Crippen molar-refractivity contribution in [2.45, 2.75) is 69.2 Å². The lowest BCUT2D eigenvalue weighted by Gasteiger charge is -2.46. The van der Waals surface area contributed by atoms with Crippen LogP contribution in [0.1, 0.15) is 61.1 Å². The van der Waals surface area contributed by atoms with Gasteiger partial charge in [0.2, 0.25) is 0 Å². The molecule has 0 heterocycles. The molecule has 1 aliphatic carbocycles. The molecule has 9 aromatic rings. The van der Waals surface area contributed by atoms with E-state index in [0.29, 0.717) is 0 Å². The van der Waals surface area contributed by atoms with Crippen LogP contribution in [0.3, 0.4) is 0 Å². The lowest BCUT2D eigenvalue weighted by atomic mass is 9.89. The summed E-state index contributed by atoms with van der Waals surface area (Å²) in [4.78, 5) is 0. The van der Waals surface area contributed by atoms with Gasteiger partial charge in [-0.25, -0.2) is 0 Å². The highest BCUT2D eigenvalue weighted by atomic mass is 28.3.